The molecule has 6 heteroatoms. The SMILES string of the molecule is Nc1cc(Oc2cccc(Br)c2)cc(C(F)(F)F)c1. The predicted molar refractivity (Wildman–Crippen MR) is 70.1 cm³/mol. The number of anilines is 1. The monoisotopic (exact) mass is 331 g/mol. The van der Waals surface area contributed by atoms with Crippen molar-refractivity contribution in [3.63, 3.8) is 0 Å². The van der Waals surface area contributed by atoms with Crippen molar-refractivity contribution in [3.8, 4) is 11.5 Å². The van der Waals surface area contributed by atoms with E-state index in [1.807, 2.05) is 0 Å². The Morgan fingerprint density at radius 1 is 1.00 bits per heavy atom. The van der Waals surface area contributed by atoms with E-state index >= 15 is 0 Å². The Bertz CT molecular complexity index is 599. The first kappa shape index (κ1) is 13.7. The second-order valence-corrected chi connectivity index (χ2v) is 4.76. The van der Waals surface area contributed by atoms with E-state index in [4.69, 9.17) is 10.5 Å². The largest absolute Gasteiger partial charge is 0.457 e. The van der Waals surface area contributed by atoms with Crippen LogP contribution in [0.25, 0.3) is 0 Å². The third kappa shape index (κ3) is 3.64. The molecule has 0 atom stereocenters. The van der Waals surface area contributed by atoms with Gasteiger partial charge in [-0.1, -0.05) is 22.0 Å². The molecule has 0 saturated carbocycles. The molecule has 0 aliphatic carbocycles. The third-order valence-electron chi connectivity index (χ3n) is 2.29. The molecule has 0 aliphatic rings. The molecule has 2 N–H and O–H groups in total. The molecule has 0 unspecified atom stereocenters. The molecule has 2 nitrogen and oxygen atoms in total. The Kier molecular flexibility index (Phi) is 3.71. The van der Waals surface area contributed by atoms with Crippen LogP contribution in [0.4, 0.5) is 18.9 Å². The van der Waals surface area contributed by atoms with Crippen LogP contribution in [0.15, 0.2) is 46.9 Å². The summed E-state index contributed by atoms with van der Waals surface area (Å²) >= 11 is 3.25. The van der Waals surface area contributed by atoms with Gasteiger partial charge in [-0.2, -0.15) is 13.2 Å². The van der Waals surface area contributed by atoms with Crippen LogP contribution in [-0.2, 0) is 6.18 Å². The first-order valence-corrected chi connectivity index (χ1v) is 6.05. The van der Waals surface area contributed by atoms with Gasteiger partial charge < -0.3 is 10.5 Å². The van der Waals surface area contributed by atoms with Gasteiger partial charge in [-0.3, -0.25) is 0 Å². The first-order valence-electron chi connectivity index (χ1n) is 5.26. The lowest BCUT2D eigenvalue weighted by molar-refractivity contribution is -0.137. The zero-order valence-electron chi connectivity index (χ0n) is 9.54. The highest BCUT2D eigenvalue weighted by Gasteiger charge is 2.31. The van der Waals surface area contributed by atoms with E-state index < -0.39 is 11.7 Å². The Balaban J connectivity index is 2.33. The van der Waals surface area contributed by atoms with Crippen LogP contribution < -0.4 is 10.5 Å². The molecule has 100 valence electrons. The molecule has 0 aromatic heterocycles. The lowest BCUT2D eigenvalue weighted by Crippen LogP contribution is -2.06. The van der Waals surface area contributed by atoms with E-state index in [0.717, 1.165) is 16.6 Å². The fourth-order valence-electron chi connectivity index (χ4n) is 1.51. The number of alkyl halides is 3. The van der Waals surface area contributed by atoms with Crippen molar-refractivity contribution in [1.82, 2.24) is 0 Å². The van der Waals surface area contributed by atoms with Crippen LogP contribution in [0, 0.1) is 0 Å². The topological polar surface area (TPSA) is 35.2 Å². The molecule has 2 aromatic carbocycles. The molecular weight excluding hydrogens is 323 g/mol. The number of nitrogen functional groups attached to an aromatic ring is 1. The number of hydrogen-bond donors (Lipinski definition) is 1. The Hall–Kier alpha value is -1.69. The molecule has 0 saturated heterocycles. The summed E-state index contributed by atoms with van der Waals surface area (Å²) in [7, 11) is 0. The number of hydrogen-bond acceptors (Lipinski definition) is 2. The highest BCUT2D eigenvalue weighted by atomic mass is 79.9. The van der Waals surface area contributed by atoms with Crippen LogP contribution in [-0.4, -0.2) is 0 Å². The smallest absolute Gasteiger partial charge is 0.416 e. The average molecular weight is 332 g/mol. The van der Waals surface area contributed by atoms with Crippen molar-refractivity contribution in [2.24, 2.45) is 0 Å². The van der Waals surface area contributed by atoms with Crippen LogP contribution in [0.5, 0.6) is 11.5 Å². The molecule has 2 rings (SSSR count). The maximum atomic E-state index is 12.6. The predicted octanol–water partition coefficient (Wildman–Crippen LogP) is 4.84. The van der Waals surface area contributed by atoms with Crippen LogP contribution >= 0.6 is 15.9 Å². The van der Waals surface area contributed by atoms with Gasteiger partial charge in [0.25, 0.3) is 0 Å². The Labute approximate surface area is 116 Å². The van der Waals surface area contributed by atoms with Gasteiger partial charge in [0, 0.05) is 16.2 Å². The number of benzene rings is 2. The van der Waals surface area contributed by atoms with Gasteiger partial charge in [-0.05, 0) is 30.3 Å². The summed E-state index contributed by atoms with van der Waals surface area (Å²) in [6.45, 7) is 0. The van der Waals surface area contributed by atoms with E-state index in [1.54, 1.807) is 24.3 Å². The number of ether oxygens (including phenoxy) is 1. The fraction of sp³-hybridized carbons (Fsp3) is 0.0769. The highest BCUT2D eigenvalue weighted by Crippen LogP contribution is 2.35. The summed E-state index contributed by atoms with van der Waals surface area (Å²) in [6, 6.07) is 9.92. The molecule has 19 heavy (non-hydrogen) atoms. The molecule has 2 aromatic rings. The second-order valence-electron chi connectivity index (χ2n) is 3.85. The minimum atomic E-state index is -4.45. The summed E-state index contributed by atoms with van der Waals surface area (Å²) in [5.41, 5.74) is 4.61. The van der Waals surface area contributed by atoms with E-state index in [1.165, 1.54) is 6.07 Å². The summed E-state index contributed by atoms with van der Waals surface area (Å²) < 4.78 is 44.0. The van der Waals surface area contributed by atoms with Crippen molar-refractivity contribution in [2.45, 2.75) is 6.18 Å². The lowest BCUT2D eigenvalue weighted by atomic mass is 10.2. The Morgan fingerprint density at radius 2 is 1.74 bits per heavy atom. The quantitative estimate of drug-likeness (QED) is 0.799. The molecule has 0 amide bonds. The minimum Gasteiger partial charge on any atom is -0.457 e. The van der Waals surface area contributed by atoms with Gasteiger partial charge >= 0.3 is 6.18 Å². The molecule has 0 fully saturated rings. The van der Waals surface area contributed by atoms with Gasteiger partial charge in [-0.15, -0.1) is 0 Å². The molecule has 0 aliphatic heterocycles. The zero-order chi connectivity index (χ0) is 14.0. The van der Waals surface area contributed by atoms with Crippen LogP contribution in [0.2, 0.25) is 0 Å². The van der Waals surface area contributed by atoms with Crippen LogP contribution in [0.1, 0.15) is 5.56 Å². The van der Waals surface area contributed by atoms with Gasteiger partial charge in [0.2, 0.25) is 0 Å². The highest BCUT2D eigenvalue weighted by molar-refractivity contribution is 9.10. The van der Waals surface area contributed by atoms with E-state index in [9.17, 15) is 13.2 Å². The van der Waals surface area contributed by atoms with Crippen molar-refractivity contribution in [2.75, 3.05) is 5.73 Å². The minimum absolute atomic E-state index is 0.000165. The second kappa shape index (κ2) is 5.13. The Morgan fingerprint density at radius 3 is 2.37 bits per heavy atom. The average Bonchev–Trinajstić information content (AvgIpc) is 2.26. The first-order chi connectivity index (χ1) is 8.84. The van der Waals surface area contributed by atoms with Crippen molar-refractivity contribution >= 4 is 21.6 Å². The zero-order valence-corrected chi connectivity index (χ0v) is 11.1. The van der Waals surface area contributed by atoms with Gasteiger partial charge in [-0.25, -0.2) is 0 Å². The van der Waals surface area contributed by atoms with Crippen LogP contribution in [0.3, 0.4) is 0 Å². The van der Waals surface area contributed by atoms with Crippen molar-refractivity contribution < 1.29 is 17.9 Å². The lowest BCUT2D eigenvalue weighted by Gasteiger charge is -2.11. The van der Waals surface area contributed by atoms with E-state index in [2.05, 4.69) is 15.9 Å². The molecule has 0 bridgehead atoms. The normalized spacial score (nSPS) is 11.4. The fourth-order valence-corrected chi connectivity index (χ4v) is 1.89. The molecule has 0 radical (unpaired) electrons. The van der Waals surface area contributed by atoms with E-state index in [-0.39, 0.29) is 11.4 Å². The van der Waals surface area contributed by atoms with Crippen molar-refractivity contribution in [3.05, 3.63) is 52.5 Å². The third-order valence-corrected chi connectivity index (χ3v) is 2.78. The summed E-state index contributed by atoms with van der Waals surface area (Å²) in [4.78, 5) is 0. The van der Waals surface area contributed by atoms with Crippen molar-refractivity contribution in [1.29, 1.82) is 0 Å². The maximum absolute atomic E-state index is 12.6. The number of nitrogens with two attached hydrogens (primary N) is 1. The molecular formula is C13H9BrF3NO. The standard InChI is InChI=1S/C13H9BrF3NO/c14-9-2-1-3-11(6-9)19-12-5-8(13(15,16)17)4-10(18)7-12/h1-7H,18H2. The summed E-state index contributed by atoms with van der Waals surface area (Å²) in [6.07, 6.45) is -4.45. The van der Waals surface area contributed by atoms with Gasteiger partial charge in [0.05, 0.1) is 5.56 Å². The molecule has 0 heterocycles. The summed E-state index contributed by atoms with van der Waals surface area (Å²) in [5.74, 6) is 0.471. The van der Waals surface area contributed by atoms with E-state index in [0.29, 0.717) is 5.75 Å². The van der Waals surface area contributed by atoms with Gasteiger partial charge in [0.15, 0.2) is 0 Å². The number of halogens is 4. The maximum Gasteiger partial charge on any atom is 0.416 e. The van der Waals surface area contributed by atoms with Gasteiger partial charge in [0.1, 0.15) is 11.5 Å². The number of rotatable bonds is 2. The molecule has 0 spiro atoms. The summed E-state index contributed by atoms with van der Waals surface area (Å²) in [5, 5.41) is 0.